The molecule has 0 unspecified atom stereocenters. The van der Waals surface area contributed by atoms with Crippen molar-refractivity contribution in [3.05, 3.63) is 59.7 Å². The van der Waals surface area contributed by atoms with Gasteiger partial charge >= 0.3 is 5.97 Å². The van der Waals surface area contributed by atoms with Gasteiger partial charge in [0, 0.05) is 6.08 Å². The number of carbonyl (C=O) groups is 1. The molecule has 0 saturated carbocycles. The number of phenolic OH excluding ortho intramolecular Hbond substituents is 1. The average Bonchev–Trinajstić information content (AvgIpc) is 3.01. The Morgan fingerprint density at radius 1 is 0.978 bits per heavy atom. The maximum Gasteiger partial charge on any atom is 0.331 e. The maximum absolute atomic E-state index is 12.8. The van der Waals surface area contributed by atoms with Crippen LogP contribution in [-0.4, -0.2) is 122 Å². The summed E-state index contributed by atoms with van der Waals surface area (Å²) in [5, 5.41) is 70.7. The van der Waals surface area contributed by atoms with Crippen molar-refractivity contribution >= 4 is 12.0 Å². The summed E-state index contributed by atoms with van der Waals surface area (Å²) in [7, 11) is 0. The molecule has 2 fully saturated rings. The molecule has 1 aromatic carbocycles. The number of aliphatic hydroxyl groups is 5. The molecule has 0 amide bonds. The predicted molar refractivity (Wildman–Crippen MR) is 157 cm³/mol. The van der Waals surface area contributed by atoms with E-state index in [2.05, 4.69) is 4.89 Å². The fraction of sp³-hybridized carbons (Fsp3) is 0.581. The van der Waals surface area contributed by atoms with Gasteiger partial charge in [0.25, 0.3) is 0 Å². The van der Waals surface area contributed by atoms with Gasteiger partial charge in [-0.3, -0.25) is 5.26 Å². The molecule has 2 saturated heterocycles. The molecule has 14 heteroatoms. The third-order valence-corrected chi connectivity index (χ3v) is 7.34. The summed E-state index contributed by atoms with van der Waals surface area (Å²) >= 11 is 0. The highest BCUT2D eigenvalue weighted by molar-refractivity contribution is 5.87. The van der Waals surface area contributed by atoms with Crippen molar-refractivity contribution < 1.29 is 69.3 Å². The minimum atomic E-state index is -1.73. The highest BCUT2D eigenvalue weighted by Gasteiger charge is 2.52. The first-order valence-corrected chi connectivity index (χ1v) is 14.5. The zero-order valence-corrected chi connectivity index (χ0v) is 25.6. The van der Waals surface area contributed by atoms with Gasteiger partial charge < -0.3 is 54.3 Å². The number of phenols is 1. The van der Waals surface area contributed by atoms with Crippen molar-refractivity contribution in [2.75, 3.05) is 13.2 Å². The van der Waals surface area contributed by atoms with Crippen LogP contribution in [0.15, 0.2) is 54.1 Å². The first-order chi connectivity index (χ1) is 21.3. The topological polar surface area (TPSA) is 214 Å². The molecule has 14 nitrogen and oxygen atoms in total. The molecule has 0 aromatic heterocycles. The number of benzene rings is 1. The molecule has 3 rings (SSSR count). The van der Waals surface area contributed by atoms with E-state index in [1.807, 2.05) is 6.92 Å². The Bertz CT molecular complexity index is 1170. The Morgan fingerprint density at radius 3 is 2.31 bits per heavy atom. The number of hydrogen-bond donors (Lipinski definition) is 7. The number of rotatable bonds is 13. The smallest absolute Gasteiger partial charge is 0.331 e. The molecule has 0 radical (unpaired) electrons. The van der Waals surface area contributed by atoms with E-state index in [0.29, 0.717) is 12.0 Å². The van der Waals surface area contributed by atoms with Crippen molar-refractivity contribution in [2.24, 2.45) is 0 Å². The SMILES string of the molecule is CC(=CCO[C@@H]1O[C@H](CO)[C@@H](OC(=O)C=Cc2ccc(O)cc2)[C@H](O[C@@H]2O[C@@H](C)[C@H](O)[C@@H](O)[C@H]2O)[C@H]1O)CC=CC(C)(C)OO. The number of carbonyl (C=O) groups excluding carboxylic acids is 1. The molecule has 0 bridgehead atoms. The monoisotopic (exact) mass is 640 g/mol. The minimum Gasteiger partial charge on any atom is -0.508 e. The molecule has 10 atom stereocenters. The van der Waals surface area contributed by atoms with Gasteiger partial charge in [0.05, 0.1) is 19.3 Å². The Labute approximate surface area is 261 Å². The lowest BCUT2D eigenvalue weighted by molar-refractivity contribution is -0.356. The largest absolute Gasteiger partial charge is 0.508 e. The van der Waals surface area contributed by atoms with Crippen LogP contribution in [0.4, 0.5) is 0 Å². The van der Waals surface area contributed by atoms with Gasteiger partial charge in [-0.2, -0.15) is 0 Å². The predicted octanol–water partition coefficient (Wildman–Crippen LogP) is 0.785. The molecule has 0 aliphatic carbocycles. The summed E-state index contributed by atoms with van der Waals surface area (Å²) in [6.07, 6.45) is -6.27. The summed E-state index contributed by atoms with van der Waals surface area (Å²) in [5.74, 6) is -0.838. The maximum atomic E-state index is 12.8. The van der Waals surface area contributed by atoms with Crippen molar-refractivity contribution in [3.8, 4) is 5.75 Å². The second kappa shape index (κ2) is 16.7. The molecule has 2 heterocycles. The minimum absolute atomic E-state index is 0.0313. The quantitative estimate of drug-likeness (QED) is 0.0522. The molecule has 2 aliphatic rings. The number of hydrogen-bond acceptors (Lipinski definition) is 14. The fourth-order valence-electron chi connectivity index (χ4n) is 4.61. The number of allylic oxidation sites excluding steroid dienone is 2. The van der Waals surface area contributed by atoms with Crippen LogP contribution in [0.2, 0.25) is 0 Å². The second-order valence-corrected chi connectivity index (χ2v) is 11.5. The molecule has 252 valence electrons. The highest BCUT2D eigenvalue weighted by Crippen LogP contribution is 2.31. The van der Waals surface area contributed by atoms with E-state index >= 15 is 0 Å². The van der Waals surface area contributed by atoms with Crippen LogP contribution in [0.1, 0.15) is 39.7 Å². The van der Waals surface area contributed by atoms with Crippen LogP contribution < -0.4 is 0 Å². The zero-order chi connectivity index (χ0) is 33.3. The van der Waals surface area contributed by atoms with E-state index in [9.17, 15) is 35.4 Å². The Balaban J connectivity index is 1.77. The summed E-state index contributed by atoms with van der Waals surface area (Å²) in [4.78, 5) is 17.2. The van der Waals surface area contributed by atoms with Gasteiger partial charge in [0.2, 0.25) is 0 Å². The van der Waals surface area contributed by atoms with Crippen LogP contribution in [-0.2, 0) is 33.4 Å². The van der Waals surface area contributed by atoms with Gasteiger partial charge in [0.15, 0.2) is 18.7 Å². The lowest BCUT2D eigenvalue weighted by atomic mass is 9.97. The molecule has 2 aliphatic heterocycles. The van der Waals surface area contributed by atoms with Gasteiger partial charge in [-0.15, -0.1) is 0 Å². The van der Waals surface area contributed by atoms with Crippen LogP contribution in [0.3, 0.4) is 0 Å². The lowest BCUT2D eigenvalue weighted by Crippen LogP contribution is -2.65. The van der Waals surface area contributed by atoms with Crippen molar-refractivity contribution in [1.82, 2.24) is 0 Å². The van der Waals surface area contributed by atoms with Crippen LogP contribution >= 0.6 is 0 Å². The molecule has 45 heavy (non-hydrogen) atoms. The molecule has 0 spiro atoms. The van der Waals surface area contributed by atoms with Crippen molar-refractivity contribution in [1.29, 1.82) is 0 Å². The van der Waals surface area contributed by atoms with E-state index < -0.39 is 79.6 Å². The van der Waals surface area contributed by atoms with E-state index in [1.54, 1.807) is 44.2 Å². The van der Waals surface area contributed by atoms with E-state index in [0.717, 1.165) is 11.6 Å². The third kappa shape index (κ3) is 10.4. The zero-order valence-electron chi connectivity index (χ0n) is 25.6. The van der Waals surface area contributed by atoms with Gasteiger partial charge in [-0.25, -0.2) is 9.68 Å². The number of ether oxygens (including phenoxy) is 5. The Kier molecular flexibility index (Phi) is 13.6. The number of esters is 1. The van der Waals surface area contributed by atoms with Crippen LogP contribution in [0.5, 0.6) is 5.75 Å². The standard InChI is InChI=1S/C31H44O14/c1-17(6-5-14-31(3,4)45-39)13-15-40-29-26(38)28(44-30-25(37)24(36)23(35)18(2)41-30)27(21(16-32)42-29)43-22(34)12-9-19-7-10-20(33)11-8-19/h5,7-14,18,21,23-30,32-33,35-39H,6,15-16H2,1-4H3/t18-,21+,23-,24+,25+,26+,27+,28+,29+,30-/m0/s1. The van der Waals surface area contributed by atoms with Gasteiger partial charge in [0.1, 0.15) is 48.0 Å². The Hall–Kier alpha value is -2.73. The molecule has 1 aromatic rings. The second-order valence-electron chi connectivity index (χ2n) is 11.5. The third-order valence-electron chi connectivity index (χ3n) is 7.34. The summed E-state index contributed by atoms with van der Waals surface area (Å²) in [5.41, 5.74) is 0.604. The van der Waals surface area contributed by atoms with Crippen molar-refractivity contribution in [3.63, 3.8) is 0 Å². The molecular weight excluding hydrogens is 596 g/mol. The van der Waals surface area contributed by atoms with E-state index in [4.69, 9.17) is 28.9 Å². The van der Waals surface area contributed by atoms with Gasteiger partial charge in [-0.05, 0) is 57.9 Å². The average molecular weight is 641 g/mol. The summed E-state index contributed by atoms with van der Waals surface area (Å²) < 4.78 is 28.5. The number of aliphatic hydroxyl groups excluding tert-OH is 5. The normalized spacial score (nSPS) is 33.2. The van der Waals surface area contributed by atoms with Crippen LogP contribution in [0, 0.1) is 0 Å². The number of aromatic hydroxyl groups is 1. The highest BCUT2D eigenvalue weighted by atomic mass is 17.1. The molecular formula is C31H44O14. The first-order valence-electron chi connectivity index (χ1n) is 14.5. The van der Waals surface area contributed by atoms with Crippen molar-refractivity contribution in [2.45, 2.75) is 101 Å². The Morgan fingerprint density at radius 2 is 1.67 bits per heavy atom. The van der Waals surface area contributed by atoms with Gasteiger partial charge in [-0.1, -0.05) is 35.9 Å². The summed E-state index contributed by atoms with van der Waals surface area (Å²) in [6, 6.07) is 6.00. The fourth-order valence-corrected chi connectivity index (χ4v) is 4.61. The molecule has 7 N–H and O–H groups in total. The lowest BCUT2D eigenvalue weighted by Gasteiger charge is -2.46. The van der Waals surface area contributed by atoms with Crippen LogP contribution in [0.25, 0.3) is 6.08 Å². The van der Waals surface area contributed by atoms with E-state index in [1.165, 1.54) is 25.1 Å². The summed E-state index contributed by atoms with van der Waals surface area (Å²) in [6.45, 7) is 5.94. The van der Waals surface area contributed by atoms with E-state index in [-0.39, 0.29) is 12.4 Å². The first kappa shape index (κ1) is 36.7.